The molecule has 0 saturated carbocycles. The second kappa shape index (κ2) is 5.83. The first-order valence-corrected chi connectivity index (χ1v) is 7.09. The molecule has 1 aromatic rings. The van der Waals surface area contributed by atoms with Crippen LogP contribution >= 0.6 is 8.25 Å². The van der Waals surface area contributed by atoms with E-state index in [2.05, 4.69) is 9.51 Å². The van der Waals surface area contributed by atoms with Gasteiger partial charge in [-0.1, -0.05) is 6.92 Å². The molecule has 0 bridgehead atoms. The van der Waals surface area contributed by atoms with Gasteiger partial charge >= 0.3 is 13.9 Å². The molecule has 9 heteroatoms. The molecule has 4 unspecified atom stereocenters. The van der Waals surface area contributed by atoms with Crippen molar-refractivity contribution in [1.29, 1.82) is 0 Å². The minimum absolute atomic E-state index is 0.0340. The van der Waals surface area contributed by atoms with Gasteiger partial charge < -0.3 is 19.9 Å². The molecule has 0 aliphatic carbocycles. The Morgan fingerprint density at radius 3 is 3.11 bits per heavy atom. The molecule has 1 fully saturated rings. The fourth-order valence-corrected chi connectivity index (χ4v) is 2.48. The van der Waals surface area contributed by atoms with Gasteiger partial charge in [-0.25, -0.2) is 4.79 Å². The first kappa shape index (κ1) is 14.2. The first-order chi connectivity index (χ1) is 8.97. The predicted octanol–water partition coefficient (Wildman–Crippen LogP) is 0.148. The van der Waals surface area contributed by atoms with Crippen LogP contribution in [0.25, 0.3) is 0 Å². The summed E-state index contributed by atoms with van der Waals surface area (Å²) >= 11 is 0. The third-order valence-corrected chi connectivity index (χ3v) is 3.39. The van der Waals surface area contributed by atoms with Crippen LogP contribution in [0, 0.1) is 5.92 Å². The average molecular weight is 289 g/mol. The summed E-state index contributed by atoms with van der Waals surface area (Å²) in [6.07, 6.45) is 1.39. The van der Waals surface area contributed by atoms with Crippen LogP contribution < -0.4 is 11.4 Å². The maximum absolute atomic E-state index is 11.7. The summed E-state index contributed by atoms with van der Waals surface area (Å²) in [6, 6.07) is 1.52. The average Bonchev–Trinajstić information content (AvgIpc) is 2.68. The summed E-state index contributed by atoms with van der Waals surface area (Å²) in [6.45, 7) is 1.96. The zero-order chi connectivity index (χ0) is 14.0. The van der Waals surface area contributed by atoms with Gasteiger partial charge in [0.25, 0.3) is 0 Å². The van der Waals surface area contributed by atoms with Crippen LogP contribution in [0.5, 0.6) is 0 Å². The van der Waals surface area contributed by atoms with Gasteiger partial charge in [0.15, 0.2) is 0 Å². The SMILES string of the molecule is CC1CC(CO[PH](=O)O)OC1n1ccc(N)nc1=O. The number of ether oxygens (including phenoxy) is 1. The van der Waals surface area contributed by atoms with Gasteiger partial charge in [-0.05, 0) is 12.5 Å². The summed E-state index contributed by atoms with van der Waals surface area (Å²) in [4.78, 5) is 24.0. The fourth-order valence-electron chi connectivity index (χ4n) is 2.15. The maximum atomic E-state index is 11.7. The lowest BCUT2D eigenvalue weighted by molar-refractivity contribution is -0.0297. The molecule has 4 atom stereocenters. The second-order valence-corrected chi connectivity index (χ2v) is 5.30. The van der Waals surface area contributed by atoms with E-state index in [1.807, 2.05) is 6.92 Å². The highest BCUT2D eigenvalue weighted by Gasteiger charge is 2.34. The topological polar surface area (TPSA) is 117 Å². The van der Waals surface area contributed by atoms with Gasteiger partial charge in [0, 0.05) is 12.1 Å². The first-order valence-electron chi connectivity index (χ1n) is 5.83. The van der Waals surface area contributed by atoms with Crippen molar-refractivity contribution in [1.82, 2.24) is 9.55 Å². The normalized spacial score (nSPS) is 28.4. The Labute approximate surface area is 110 Å². The van der Waals surface area contributed by atoms with Crippen molar-refractivity contribution in [2.24, 2.45) is 5.92 Å². The van der Waals surface area contributed by atoms with Crippen LogP contribution in [0.1, 0.15) is 19.6 Å². The molecule has 3 N–H and O–H groups in total. The van der Waals surface area contributed by atoms with Crippen molar-refractivity contribution in [2.75, 3.05) is 12.3 Å². The molecule has 2 heterocycles. The molecule has 0 amide bonds. The van der Waals surface area contributed by atoms with Gasteiger partial charge in [0.2, 0.25) is 0 Å². The molecule has 1 aliphatic rings. The molecule has 2 rings (SSSR count). The van der Waals surface area contributed by atoms with Crippen LogP contribution in [0.15, 0.2) is 17.1 Å². The summed E-state index contributed by atoms with van der Waals surface area (Å²) < 4.78 is 22.2. The minimum atomic E-state index is -2.96. The van der Waals surface area contributed by atoms with Crippen LogP contribution in [-0.4, -0.2) is 27.2 Å². The van der Waals surface area contributed by atoms with Crippen molar-refractivity contribution in [2.45, 2.75) is 25.7 Å². The van der Waals surface area contributed by atoms with Gasteiger partial charge in [0.05, 0.1) is 12.7 Å². The minimum Gasteiger partial charge on any atom is -0.383 e. The highest BCUT2D eigenvalue weighted by molar-refractivity contribution is 7.32. The zero-order valence-corrected chi connectivity index (χ0v) is 11.4. The Bertz CT molecular complexity index is 534. The quantitative estimate of drug-likeness (QED) is 0.757. The van der Waals surface area contributed by atoms with Gasteiger partial charge in [-0.2, -0.15) is 4.98 Å². The van der Waals surface area contributed by atoms with E-state index in [0.717, 1.165) is 0 Å². The van der Waals surface area contributed by atoms with E-state index in [4.69, 9.17) is 15.4 Å². The van der Waals surface area contributed by atoms with E-state index in [9.17, 15) is 9.36 Å². The molecule has 0 aromatic carbocycles. The summed E-state index contributed by atoms with van der Waals surface area (Å²) in [5.41, 5.74) is 4.95. The van der Waals surface area contributed by atoms with Gasteiger partial charge in [-0.3, -0.25) is 9.13 Å². The molecule has 106 valence electrons. The predicted molar refractivity (Wildman–Crippen MR) is 67.8 cm³/mol. The van der Waals surface area contributed by atoms with Crippen LogP contribution in [0.3, 0.4) is 0 Å². The molecule has 1 saturated heterocycles. The smallest absolute Gasteiger partial charge is 0.351 e. The Morgan fingerprint density at radius 2 is 2.47 bits per heavy atom. The number of hydrogen-bond donors (Lipinski definition) is 2. The van der Waals surface area contributed by atoms with Crippen LogP contribution in [-0.2, 0) is 13.8 Å². The maximum Gasteiger partial charge on any atom is 0.351 e. The van der Waals surface area contributed by atoms with Crippen molar-refractivity contribution in [3.8, 4) is 0 Å². The molecular weight excluding hydrogens is 273 g/mol. The monoisotopic (exact) mass is 289 g/mol. The van der Waals surface area contributed by atoms with E-state index in [0.29, 0.717) is 6.42 Å². The Balaban J connectivity index is 2.09. The summed E-state index contributed by atoms with van der Waals surface area (Å²) in [5.74, 6) is 0.225. The lowest BCUT2D eigenvalue weighted by Crippen LogP contribution is -2.29. The number of rotatable bonds is 4. The summed E-state index contributed by atoms with van der Waals surface area (Å²) in [7, 11) is -2.96. The van der Waals surface area contributed by atoms with Crippen molar-refractivity contribution in [3.05, 3.63) is 22.7 Å². The van der Waals surface area contributed by atoms with Gasteiger partial charge in [-0.15, -0.1) is 0 Å². The Hall–Kier alpha value is -1.21. The van der Waals surface area contributed by atoms with Crippen molar-refractivity contribution < 1.29 is 18.7 Å². The number of anilines is 1. The number of aromatic nitrogens is 2. The number of nitrogens with zero attached hydrogens (tertiary/aromatic N) is 2. The van der Waals surface area contributed by atoms with Crippen molar-refractivity contribution in [3.63, 3.8) is 0 Å². The third-order valence-electron chi connectivity index (χ3n) is 2.97. The zero-order valence-electron chi connectivity index (χ0n) is 10.4. The Kier molecular flexibility index (Phi) is 4.36. The third kappa shape index (κ3) is 3.42. The lowest BCUT2D eigenvalue weighted by atomic mass is 10.1. The number of hydrogen-bond acceptors (Lipinski definition) is 6. The van der Waals surface area contributed by atoms with E-state index >= 15 is 0 Å². The fraction of sp³-hybridized carbons (Fsp3) is 0.600. The van der Waals surface area contributed by atoms with E-state index in [1.54, 1.807) is 0 Å². The molecular formula is C10H16N3O5P. The van der Waals surface area contributed by atoms with E-state index in [1.165, 1.54) is 16.8 Å². The largest absolute Gasteiger partial charge is 0.383 e. The highest BCUT2D eigenvalue weighted by atomic mass is 31.1. The van der Waals surface area contributed by atoms with Crippen LogP contribution in [0.2, 0.25) is 0 Å². The second-order valence-electron chi connectivity index (χ2n) is 4.48. The molecule has 0 radical (unpaired) electrons. The van der Waals surface area contributed by atoms with E-state index < -0.39 is 20.2 Å². The lowest BCUT2D eigenvalue weighted by Gasteiger charge is -2.17. The standard InChI is InChI=1S/C10H16N3O5P/c1-6-4-7(5-17-19(15)16)18-9(6)13-3-2-8(11)12-10(13)14/h2-3,6-7,9,19H,4-5H2,1H3,(H,15,16)(H2,11,12,14). The number of nitrogen functional groups attached to an aromatic ring is 1. The molecule has 1 aromatic heterocycles. The van der Waals surface area contributed by atoms with Gasteiger partial charge in [0.1, 0.15) is 12.0 Å². The summed E-state index contributed by atoms with van der Waals surface area (Å²) in [5, 5.41) is 0. The molecule has 8 nitrogen and oxygen atoms in total. The van der Waals surface area contributed by atoms with E-state index in [-0.39, 0.29) is 24.4 Å². The van der Waals surface area contributed by atoms with Crippen molar-refractivity contribution >= 4 is 14.1 Å². The molecule has 1 aliphatic heterocycles. The Morgan fingerprint density at radius 1 is 1.74 bits per heavy atom. The number of nitrogens with two attached hydrogens (primary N) is 1. The van der Waals surface area contributed by atoms with Crippen LogP contribution in [0.4, 0.5) is 5.82 Å². The highest BCUT2D eigenvalue weighted by Crippen LogP contribution is 2.34. The molecule has 19 heavy (non-hydrogen) atoms. The molecule has 0 spiro atoms.